The molecule has 10 heteroatoms. The van der Waals surface area contributed by atoms with Crippen molar-refractivity contribution in [2.24, 2.45) is 5.11 Å². The molecule has 0 N–H and O–H groups in total. The number of amides is 1. The van der Waals surface area contributed by atoms with E-state index in [9.17, 15) is 18.0 Å². The lowest BCUT2D eigenvalue weighted by molar-refractivity contribution is -0.137. The van der Waals surface area contributed by atoms with E-state index in [2.05, 4.69) is 20.1 Å². The minimum absolute atomic E-state index is 0.263. The lowest BCUT2D eigenvalue weighted by atomic mass is 10.0. The maximum Gasteiger partial charge on any atom is 0.416 e. The molecule has 0 saturated carbocycles. The molecule has 7 nitrogen and oxygen atoms in total. The highest BCUT2D eigenvalue weighted by atomic mass is 19.4. The van der Waals surface area contributed by atoms with E-state index in [0.717, 1.165) is 12.1 Å². The molecular formula is C17H11F3N6O. The van der Waals surface area contributed by atoms with E-state index in [1.165, 1.54) is 29.2 Å². The van der Waals surface area contributed by atoms with Gasteiger partial charge < -0.3 is 0 Å². The van der Waals surface area contributed by atoms with Gasteiger partial charge in [0, 0.05) is 16.0 Å². The van der Waals surface area contributed by atoms with Crippen LogP contribution in [0.15, 0.2) is 53.9 Å². The van der Waals surface area contributed by atoms with Crippen LogP contribution >= 0.6 is 0 Å². The van der Waals surface area contributed by atoms with Gasteiger partial charge in [-0.25, -0.2) is 9.67 Å². The summed E-state index contributed by atoms with van der Waals surface area (Å²) in [4.78, 5) is 18.3. The third-order valence-corrected chi connectivity index (χ3v) is 3.80. The Kier molecular flexibility index (Phi) is 4.66. The second-order valence-corrected chi connectivity index (χ2v) is 5.58. The number of aryl methyl sites for hydroxylation is 1. The van der Waals surface area contributed by atoms with Crippen molar-refractivity contribution in [1.82, 2.24) is 14.8 Å². The molecular weight excluding hydrogens is 361 g/mol. The van der Waals surface area contributed by atoms with Gasteiger partial charge in [0.1, 0.15) is 6.33 Å². The predicted molar refractivity (Wildman–Crippen MR) is 90.0 cm³/mol. The summed E-state index contributed by atoms with van der Waals surface area (Å²) in [6.45, 7) is 1.68. The molecule has 0 radical (unpaired) electrons. The molecule has 3 aromatic rings. The monoisotopic (exact) mass is 372 g/mol. The number of benzene rings is 2. The Labute approximate surface area is 150 Å². The maximum absolute atomic E-state index is 12.6. The largest absolute Gasteiger partial charge is 0.416 e. The Balaban J connectivity index is 1.89. The van der Waals surface area contributed by atoms with Crippen LogP contribution in [-0.2, 0) is 6.18 Å². The molecule has 0 aliphatic carbocycles. The average molecular weight is 372 g/mol. The van der Waals surface area contributed by atoms with Crippen LogP contribution < -0.4 is 0 Å². The molecule has 1 aromatic heterocycles. The molecule has 136 valence electrons. The Morgan fingerprint density at radius 1 is 1.19 bits per heavy atom. The van der Waals surface area contributed by atoms with Crippen molar-refractivity contribution in [2.45, 2.75) is 13.1 Å². The first kappa shape index (κ1) is 18.2. The number of carbonyl (C=O) groups is 1. The smallest absolute Gasteiger partial charge is 0.287 e. The van der Waals surface area contributed by atoms with Crippen LogP contribution in [0.3, 0.4) is 0 Å². The van der Waals surface area contributed by atoms with Crippen LogP contribution in [0, 0.1) is 6.92 Å². The molecule has 0 fully saturated rings. The summed E-state index contributed by atoms with van der Waals surface area (Å²) in [5.74, 6) is -0.356. The molecule has 0 bridgehead atoms. The number of alkyl halides is 3. The van der Waals surface area contributed by atoms with Crippen molar-refractivity contribution in [3.8, 4) is 17.1 Å². The lowest BCUT2D eigenvalue weighted by Gasteiger charge is -2.07. The molecule has 1 amide bonds. The number of hydrogen-bond acceptors (Lipinski definition) is 3. The molecule has 0 saturated heterocycles. The first-order valence-electron chi connectivity index (χ1n) is 7.59. The number of nitrogens with zero attached hydrogens (tertiary/aromatic N) is 6. The van der Waals surface area contributed by atoms with Crippen molar-refractivity contribution >= 4 is 5.91 Å². The summed E-state index contributed by atoms with van der Waals surface area (Å²) in [6.07, 6.45) is -3.02. The quantitative estimate of drug-likeness (QED) is 0.378. The zero-order valence-corrected chi connectivity index (χ0v) is 13.8. The molecule has 0 aliphatic heterocycles. The Morgan fingerprint density at radius 2 is 1.89 bits per heavy atom. The summed E-state index contributed by atoms with van der Waals surface area (Å²) in [7, 11) is 0. The summed E-state index contributed by atoms with van der Waals surface area (Å²) in [5.41, 5.74) is 9.47. The third kappa shape index (κ3) is 3.80. The first-order valence-corrected chi connectivity index (χ1v) is 7.59. The summed E-state index contributed by atoms with van der Waals surface area (Å²) in [5, 5.41) is 7.30. The van der Waals surface area contributed by atoms with Crippen molar-refractivity contribution in [3.63, 3.8) is 0 Å². The molecule has 0 aliphatic rings. The van der Waals surface area contributed by atoms with Crippen molar-refractivity contribution in [2.75, 3.05) is 0 Å². The molecule has 2 aromatic carbocycles. The summed E-state index contributed by atoms with van der Waals surface area (Å²) in [6, 6.07) is 9.29. The van der Waals surface area contributed by atoms with Gasteiger partial charge in [0.25, 0.3) is 0 Å². The van der Waals surface area contributed by atoms with E-state index < -0.39 is 17.6 Å². The van der Waals surface area contributed by atoms with Crippen molar-refractivity contribution in [3.05, 3.63) is 75.9 Å². The minimum Gasteiger partial charge on any atom is -0.287 e. The first-order chi connectivity index (χ1) is 12.8. The fourth-order valence-electron chi connectivity index (χ4n) is 2.46. The zero-order chi connectivity index (χ0) is 19.6. The van der Waals surface area contributed by atoms with E-state index in [1.807, 2.05) is 0 Å². The molecule has 1 heterocycles. The Morgan fingerprint density at radius 3 is 2.48 bits per heavy atom. The standard InChI is InChI=1S/C17H11F3N6O/c1-10-8-11(2-7-14(10)16(27)23-25-21)15-22-9-26(24-15)13-5-3-12(4-6-13)17(18,19)20/h2-9H,1H3. The fourth-order valence-corrected chi connectivity index (χ4v) is 2.46. The van der Waals surface area contributed by atoms with Gasteiger partial charge in [0.05, 0.1) is 11.3 Å². The highest BCUT2D eigenvalue weighted by Gasteiger charge is 2.30. The predicted octanol–water partition coefficient (Wildman–Crippen LogP) is 4.71. The highest BCUT2D eigenvalue weighted by Crippen LogP contribution is 2.29. The van der Waals surface area contributed by atoms with E-state index >= 15 is 0 Å². The Hall–Kier alpha value is -3.65. The number of rotatable bonds is 3. The lowest BCUT2D eigenvalue weighted by Crippen LogP contribution is -2.05. The van der Waals surface area contributed by atoms with Gasteiger partial charge >= 0.3 is 6.18 Å². The van der Waals surface area contributed by atoms with Crippen LogP contribution in [0.25, 0.3) is 27.5 Å². The van der Waals surface area contributed by atoms with Gasteiger partial charge in [-0.2, -0.15) is 13.2 Å². The average Bonchev–Trinajstić information content (AvgIpc) is 3.11. The van der Waals surface area contributed by atoms with Crippen molar-refractivity contribution in [1.29, 1.82) is 0 Å². The van der Waals surface area contributed by atoms with Crippen LogP contribution in [0.2, 0.25) is 0 Å². The van der Waals surface area contributed by atoms with Crippen LogP contribution in [0.5, 0.6) is 0 Å². The van der Waals surface area contributed by atoms with Crippen LogP contribution in [-0.4, -0.2) is 20.7 Å². The molecule has 0 atom stereocenters. The van der Waals surface area contributed by atoms with Gasteiger partial charge in [-0.15, -0.1) is 5.10 Å². The fraction of sp³-hybridized carbons (Fsp3) is 0.118. The molecule has 27 heavy (non-hydrogen) atoms. The van der Waals surface area contributed by atoms with E-state index in [4.69, 9.17) is 5.53 Å². The number of hydrogen-bond donors (Lipinski definition) is 0. The number of carbonyl (C=O) groups excluding carboxylic acids is 1. The van der Waals surface area contributed by atoms with Crippen LogP contribution in [0.4, 0.5) is 13.2 Å². The van der Waals surface area contributed by atoms with Gasteiger partial charge in [-0.1, -0.05) is 12.1 Å². The SMILES string of the molecule is Cc1cc(-c2ncn(-c3ccc(C(F)(F)F)cc3)n2)ccc1C(=O)N=[N+]=[N-]. The zero-order valence-electron chi connectivity index (χ0n) is 13.8. The number of aromatic nitrogens is 3. The number of azide groups is 1. The molecule has 0 spiro atoms. The Bertz CT molecular complexity index is 1050. The summed E-state index contributed by atoms with van der Waals surface area (Å²) < 4.78 is 39.3. The van der Waals surface area contributed by atoms with Gasteiger partial charge in [0.2, 0.25) is 5.91 Å². The van der Waals surface area contributed by atoms with Gasteiger partial charge in [-0.05, 0) is 53.5 Å². The van der Waals surface area contributed by atoms with E-state index in [-0.39, 0.29) is 5.56 Å². The topological polar surface area (TPSA) is 96.5 Å². The third-order valence-electron chi connectivity index (χ3n) is 3.80. The van der Waals surface area contributed by atoms with E-state index in [1.54, 1.807) is 19.1 Å². The summed E-state index contributed by atoms with van der Waals surface area (Å²) >= 11 is 0. The van der Waals surface area contributed by atoms with E-state index in [0.29, 0.717) is 22.6 Å². The molecule has 0 unspecified atom stereocenters. The second kappa shape index (κ2) is 6.93. The second-order valence-electron chi connectivity index (χ2n) is 5.58. The van der Waals surface area contributed by atoms with Crippen LogP contribution in [0.1, 0.15) is 21.5 Å². The normalized spacial score (nSPS) is 11.1. The minimum atomic E-state index is -4.40. The van der Waals surface area contributed by atoms with Gasteiger partial charge in [0.15, 0.2) is 5.82 Å². The molecule has 3 rings (SSSR count). The maximum atomic E-state index is 12.6. The van der Waals surface area contributed by atoms with Gasteiger partial charge in [-0.3, -0.25) is 4.79 Å². The van der Waals surface area contributed by atoms with Crippen molar-refractivity contribution < 1.29 is 18.0 Å². The number of halogens is 3. The highest BCUT2D eigenvalue weighted by molar-refractivity contribution is 5.96.